The molecule has 1 fully saturated rings. The average Bonchev–Trinajstić information content (AvgIpc) is 2.24. The first-order valence-electron chi connectivity index (χ1n) is 6.42. The summed E-state index contributed by atoms with van der Waals surface area (Å²) < 4.78 is 5.37. The Kier molecular flexibility index (Phi) is 6.16. The van der Waals surface area contributed by atoms with Gasteiger partial charge in [0, 0.05) is 24.0 Å². The minimum atomic E-state index is 0.248. The lowest BCUT2D eigenvalue weighted by molar-refractivity contribution is 0.1000. The Morgan fingerprint density at radius 1 is 1.31 bits per heavy atom. The summed E-state index contributed by atoms with van der Waals surface area (Å²) in [6, 6.07) is 0. The van der Waals surface area contributed by atoms with Crippen LogP contribution in [0.3, 0.4) is 0 Å². The quantitative estimate of drug-likeness (QED) is 0.805. The fourth-order valence-corrected chi connectivity index (χ4v) is 2.93. The highest BCUT2D eigenvalue weighted by Crippen LogP contribution is 2.23. The maximum absolute atomic E-state index is 5.37. The SMILES string of the molecule is CC(CNC(C)(C)C)CSC1CCOCC1. The average molecular weight is 245 g/mol. The molecule has 1 saturated heterocycles. The molecular formula is C13H27NOS. The Labute approximate surface area is 105 Å². The van der Waals surface area contributed by atoms with Gasteiger partial charge in [0.15, 0.2) is 0 Å². The van der Waals surface area contributed by atoms with Gasteiger partial charge < -0.3 is 10.1 Å². The molecule has 1 aliphatic heterocycles. The first-order chi connectivity index (χ1) is 7.47. The molecule has 96 valence electrons. The maximum Gasteiger partial charge on any atom is 0.0476 e. The predicted molar refractivity (Wildman–Crippen MR) is 73.2 cm³/mol. The molecule has 16 heavy (non-hydrogen) atoms. The van der Waals surface area contributed by atoms with Crippen LogP contribution in [-0.4, -0.2) is 36.3 Å². The smallest absolute Gasteiger partial charge is 0.0476 e. The molecule has 0 aliphatic carbocycles. The minimum absolute atomic E-state index is 0.248. The number of ether oxygens (including phenoxy) is 1. The van der Waals surface area contributed by atoms with Crippen LogP contribution in [0.25, 0.3) is 0 Å². The molecule has 0 amide bonds. The Morgan fingerprint density at radius 3 is 2.50 bits per heavy atom. The van der Waals surface area contributed by atoms with Crippen LogP contribution in [-0.2, 0) is 4.74 Å². The molecule has 0 radical (unpaired) electrons. The van der Waals surface area contributed by atoms with Gasteiger partial charge in [0.05, 0.1) is 0 Å². The van der Waals surface area contributed by atoms with Gasteiger partial charge in [-0.25, -0.2) is 0 Å². The van der Waals surface area contributed by atoms with Crippen molar-refractivity contribution >= 4 is 11.8 Å². The molecule has 1 atom stereocenters. The second kappa shape index (κ2) is 6.87. The Balaban J connectivity index is 2.07. The molecule has 0 aromatic carbocycles. The van der Waals surface area contributed by atoms with Gasteiger partial charge >= 0.3 is 0 Å². The molecule has 1 N–H and O–H groups in total. The molecule has 1 heterocycles. The minimum Gasteiger partial charge on any atom is -0.381 e. The molecule has 0 saturated carbocycles. The van der Waals surface area contributed by atoms with E-state index in [0.717, 1.165) is 30.9 Å². The highest BCUT2D eigenvalue weighted by molar-refractivity contribution is 7.99. The second-order valence-corrected chi connectivity index (χ2v) is 7.21. The van der Waals surface area contributed by atoms with Crippen LogP contribution in [0.1, 0.15) is 40.5 Å². The number of rotatable bonds is 5. The van der Waals surface area contributed by atoms with Crippen molar-refractivity contribution in [2.45, 2.75) is 51.3 Å². The van der Waals surface area contributed by atoms with Crippen LogP contribution in [0.4, 0.5) is 0 Å². The van der Waals surface area contributed by atoms with Gasteiger partial charge in [0.2, 0.25) is 0 Å². The molecular weight excluding hydrogens is 218 g/mol. The van der Waals surface area contributed by atoms with E-state index >= 15 is 0 Å². The van der Waals surface area contributed by atoms with E-state index in [4.69, 9.17) is 4.74 Å². The zero-order valence-electron chi connectivity index (χ0n) is 11.2. The molecule has 2 nitrogen and oxygen atoms in total. The molecule has 0 spiro atoms. The van der Waals surface area contributed by atoms with Crippen molar-refractivity contribution in [3.8, 4) is 0 Å². The molecule has 0 aromatic rings. The van der Waals surface area contributed by atoms with E-state index in [-0.39, 0.29) is 5.54 Å². The monoisotopic (exact) mass is 245 g/mol. The summed E-state index contributed by atoms with van der Waals surface area (Å²) in [5.41, 5.74) is 0.248. The van der Waals surface area contributed by atoms with Crippen molar-refractivity contribution in [2.75, 3.05) is 25.5 Å². The zero-order chi connectivity index (χ0) is 12.0. The van der Waals surface area contributed by atoms with E-state index < -0.39 is 0 Å². The van der Waals surface area contributed by atoms with Gasteiger partial charge in [0.25, 0.3) is 0 Å². The Bertz CT molecular complexity index is 185. The van der Waals surface area contributed by atoms with E-state index in [1.165, 1.54) is 18.6 Å². The van der Waals surface area contributed by atoms with E-state index in [1.54, 1.807) is 0 Å². The summed E-state index contributed by atoms with van der Waals surface area (Å²) in [4.78, 5) is 0. The standard InChI is InChI=1S/C13H27NOS/c1-11(9-14-13(2,3)4)10-16-12-5-7-15-8-6-12/h11-12,14H,5-10H2,1-4H3. The van der Waals surface area contributed by atoms with E-state index in [1.807, 2.05) is 0 Å². The molecule has 1 aliphatic rings. The fourth-order valence-electron chi connectivity index (χ4n) is 1.68. The molecule has 0 bridgehead atoms. The van der Waals surface area contributed by atoms with Crippen LogP contribution in [0, 0.1) is 5.92 Å². The number of nitrogens with one attached hydrogen (secondary N) is 1. The van der Waals surface area contributed by atoms with Gasteiger partial charge in [0.1, 0.15) is 0 Å². The van der Waals surface area contributed by atoms with Gasteiger partial charge in [-0.05, 0) is 51.8 Å². The Hall–Kier alpha value is 0.270. The first-order valence-corrected chi connectivity index (χ1v) is 7.46. The largest absolute Gasteiger partial charge is 0.381 e. The molecule has 0 aromatic heterocycles. The summed E-state index contributed by atoms with van der Waals surface area (Å²) in [5.74, 6) is 2.03. The van der Waals surface area contributed by atoms with Crippen LogP contribution in [0.2, 0.25) is 0 Å². The van der Waals surface area contributed by atoms with Crippen LogP contribution in [0.5, 0.6) is 0 Å². The first kappa shape index (κ1) is 14.3. The third-order valence-electron chi connectivity index (χ3n) is 2.77. The van der Waals surface area contributed by atoms with Crippen molar-refractivity contribution in [3.63, 3.8) is 0 Å². The molecule has 1 unspecified atom stereocenters. The van der Waals surface area contributed by atoms with E-state index in [0.29, 0.717) is 0 Å². The van der Waals surface area contributed by atoms with Gasteiger partial charge in [-0.2, -0.15) is 11.8 Å². The number of hydrogen-bond acceptors (Lipinski definition) is 3. The summed E-state index contributed by atoms with van der Waals surface area (Å²) in [7, 11) is 0. The topological polar surface area (TPSA) is 21.3 Å². The van der Waals surface area contributed by atoms with Crippen molar-refractivity contribution in [2.24, 2.45) is 5.92 Å². The lowest BCUT2D eigenvalue weighted by Crippen LogP contribution is -2.39. The lowest BCUT2D eigenvalue weighted by atomic mass is 10.1. The molecule has 1 rings (SSSR count). The lowest BCUT2D eigenvalue weighted by Gasteiger charge is -2.25. The van der Waals surface area contributed by atoms with E-state index in [9.17, 15) is 0 Å². The Morgan fingerprint density at radius 2 is 1.94 bits per heavy atom. The van der Waals surface area contributed by atoms with Crippen LogP contribution in [0.15, 0.2) is 0 Å². The molecule has 3 heteroatoms. The summed E-state index contributed by atoms with van der Waals surface area (Å²) in [6.45, 7) is 12.1. The number of thioether (sulfide) groups is 1. The van der Waals surface area contributed by atoms with Crippen molar-refractivity contribution in [1.82, 2.24) is 5.32 Å². The maximum atomic E-state index is 5.37. The third-order valence-corrected chi connectivity index (χ3v) is 4.47. The van der Waals surface area contributed by atoms with Crippen LogP contribution < -0.4 is 5.32 Å². The van der Waals surface area contributed by atoms with Crippen molar-refractivity contribution in [3.05, 3.63) is 0 Å². The highest BCUT2D eigenvalue weighted by atomic mass is 32.2. The van der Waals surface area contributed by atoms with E-state index in [2.05, 4.69) is 44.8 Å². The van der Waals surface area contributed by atoms with Gasteiger partial charge in [-0.15, -0.1) is 0 Å². The van der Waals surface area contributed by atoms with Crippen molar-refractivity contribution in [1.29, 1.82) is 0 Å². The third kappa shape index (κ3) is 6.77. The summed E-state index contributed by atoms with van der Waals surface area (Å²) >= 11 is 2.14. The number of hydrogen-bond donors (Lipinski definition) is 1. The fraction of sp³-hybridized carbons (Fsp3) is 1.00. The predicted octanol–water partition coefficient (Wildman–Crippen LogP) is 2.92. The highest BCUT2D eigenvalue weighted by Gasteiger charge is 2.16. The van der Waals surface area contributed by atoms with Gasteiger partial charge in [-0.1, -0.05) is 6.92 Å². The van der Waals surface area contributed by atoms with Crippen molar-refractivity contribution < 1.29 is 4.74 Å². The summed E-state index contributed by atoms with van der Waals surface area (Å²) in [5, 5.41) is 4.41. The van der Waals surface area contributed by atoms with Gasteiger partial charge in [-0.3, -0.25) is 0 Å². The van der Waals surface area contributed by atoms with Crippen LogP contribution >= 0.6 is 11.8 Å². The normalized spacial score (nSPS) is 21.0. The zero-order valence-corrected chi connectivity index (χ0v) is 12.0. The summed E-state index contributed by atoms with van der Waals surface area (Å²) in [6.07, 6.45) is 2.48. The second-order valence-electron chi connectivity index (χ2n) is 5.88.